The summed E-state index contributed by atoms with van der Waals surface area (Å²) in [5, 5.41) is 21.1. The van der Waals surface area contributed by atoms with Gasteiger partial charge in [-0.3, -0.25) is 4.79 Å². The number of amides is 1. The van der Waals surface area contributed by atoms with Crippen LogP contribution in [0.4, 0.5) is 4.39 Å². The lowest BCUT2D eigenvalue weighted by molar-refractivity contribution is 0.0950. The second-order valence-corrected chi connectivity index (χ2v) is 7.03. The van der Waals surface area contributed by atoms with Gasteiger partial charge in [0.15, 0.2) is 16.5 Å². The van der Waals surface area contributed by atoms with E-state index in [0.717, 1.165) is 16.9 Å². The number of halogens is 2. The molecule has 0 spiro atoms. The van der Waals surface area contributed by atoms with Gasteiger partial charge in [0.25, 0.3) is 5.91 Å². The number of hydrogen-bond donors (Lipinski definition) is 2. The maximum Gasteiger partial charge on any atom is 0.282 e. The molecular formula is C19H15ClFN3O3S. The van der Waals surface area contributed by atoms with E-state index in [1.54, 1.807) is 30.3 Å². The molecule has 9 heteroatoms. The van der Waals surface area contributed by atoms with Crippen LogP contribution in [0.15, 0.2) is 42.5 Å². The number of aromatic nitrogens is 2. The first-order valence-corrected chi connectivity index (χ1v) is 9.26. The van der Waals surface area contributed by atoms with E-state index < -0.39 is 5.91 Å². The second-order valence-electron chi connectivity index (χ2n) is 5.65. The van der Waals surface area contributed by atoms with Crippen molar-refractivity contribution in [3.8, 4) is 11.5 Å². The molecule has 1 aromatic heterocycles. The molecule has 0 aliphatic rings. The lowest BCUT2D eigenvalue weighted by Crippen LogP contribution is -2.22. The Morgan fingerprint density at radius 1 is 1.25 bits per heavy atom. The Hall–Kier alpha value is -2.97. The summed E-state index contributed by atoms with van der Waals surface area (Å²) >= 11 is 7.30. The van der Waals surface area contributed by atoms with Crippen LogP contribution in [0.3, 0.4) is 0 Å². The molecule has 0 fully saturated rings. The highest BCUT2D eigenvalue weighted by Crippen LogP contribution is 2.30. The number of methoxy groups -OCH3 is 1. The van der Waals surface area contributed by atoms with E-state index in [-0.39, 0.29) is 28.2 Å². The Morgan fingerprint density at radius 3 is 2.64 bits per heavy atom. The molecular weight excluding hydrogens is 405 g/mol. The van der Waals surface area contributed by atoms with Crippen molar-refractivity contribution < 1.29 is 19.0 Å². The van der Waals surface area contributed by atoms with Crippen LogP contribution in [0.1, 0.15) is 25.9 Å². The summed E-state index contributed by atoms with van der Waals surface area (Å²) in [6.07, 6.45) is 1.60. The number of phenolic OH excluding ortho intramolecular Hbond substituents is 1. The minimum Gasteiger partial charge on any atom is -0.504 e. The SMILES string of the molecule is COc1ccc(/C=C(\Cl)c2nnc(C(=O)NCc3ccc(F)cc3)s2)cc1O. The lowest BCUT2D eigenvalue weighted by Gasteiger charge is -2.03. The maximum atomic E-state index is 12.9. The number of carbonyl (C=O) groups excluding carboxylic acids is 1. The van der Waals surface area contributed by atoms with Crippen molar-refractivity contribution in [1.29, 1.82) is 0 Å². The van der Waals surface area contributed by atoms with E-state index in [4.69, 9.17) is 16.3 Å². The molecule has 3 rings (SSSR count). The van der Waals surface area contributed by atoms with Crippen molar-refractivity contribution in [3.63, 3.8) is 0 Å². The van der Waals surface area contributed by atoms with Crippen LogP contribution >= 0.6 is 22.9 Å². The predicted molar refractivity (Wildman–Crippen MR) is 106 cm³/mol. The average molecular weight is 420 g/mol. The number of rotatable bonds is 6. The summed E-state index contributed by atoms with van der Waals surface area (Å²) in [6.45, 7) is 0.239. The highest BCUT2D eigenvalue weighted by molar-refractivity contribution is 7.15. The number of benzene rings is 2. The second kappa shape index (κ2) is 8.81. The van der Waals surface area contributed by atoms with Crippen molar-refractivity contribution in [2.24, 2.45) is 0 Å². The van der Waals surface area contributed by atoms with Gasteiger partial charge in [-0.05, 0) is 41.5 Å². The van der Waals surface area contributed by atoms with Gasteiger partial charge >= 0.3 is 0 Å². The standard InChI is InChI=1S/C19H15ClFN3O3S/c1-27-16-7-4-12(9-15(16)25)8-14(20)18-23-24-19(28-18)17(26)22-10-11-2-5-13(21)6-3-11/h2-9,25H,10H2,1H3,(H,22,26)/b14-8-. The summed E-state index contributed by atoms with van der Waals surface area (Å²) < 4.78 is 17.9. The van der Waals surface area contributed by atoms with Gasteiger partial charge in [0.05, 0.1) is 12.1 Å². The Kier molecular flexibility index (Phi) is 6.23. The van der Waals surface area contributed by atoms with E-state index >= 15 is 0 Å². The van der Waals surface area contributed by atoms with Gasteiger partial charge in [-0.15, -0.1) is 10.2 Å². The minimum atomic E-state index is -0.403. The molecule has 144 valence electrons. The molecule has 1 heterocycles. The molecule has 2 N–H and O–H groups in total. The third kappa shape index (κ3) is 4.85. The zero-order chi connectivity index (χ0) is 20.1. The molecule has 28 heavy (non-hydrogen) atoms. The van der Waals surface area contributed by atoms with Gasteiger partial charge in [0, 0.05) is 6.54 Å². The molecule has 1 amide bonds. The highest BCUT2D eigenvalue weighted by atomic mass is 35.5. The van der Waals surface area contributed by atoms with E-state index in [0.29, 0.717) is 16.3 Å². The first-order chi connectivity index (χ1) is 13.5. The van der Waals surface area contributed by atoms with Crippen LogP contribution in [0.2, 0.25) is 0 Å². The molecule has 0 aliphatic carbocycles. The Bertz CT molecular complexity index is 1020. The van der Waals surface area contributed by atoms with Crippen LogP contribution in [0, 0.1) is 5.82 Å². The number of aromatic hydroxyl groups is 1. The largest absolute Gasteiger partial charge is 0.504 e. The number of phenols is 1. The predicted octanol–water partition coefficient (Wildman–Crippen LogP) is 4.06. The zero-order valence-electron chi connectivity index (χ0n) is 14.6. The van der Waals surface area contributed by atoms with Crippen molar-refractivity contribution in [3.05, 3.63) is 69.4 Å². The first-order valence-electron chi connectivity index (χ1n) is 8.07. The Morgan fingerprint density at radius 2 is 1.96 bits per heavy atom. The lowest BCUT2D eigenvalue weighted by atomic mass is 10.2. The summed E-state index contributed by atoms with van der Waals surface area (Å²) in [4.78, 5) is 12.2. The third-order valence-corrected chi connectivity index (χ3v) is 5.04. The molecule has 3 aromatic rings. The molecule has 0 radical (unpaired) electrons. The van der Waals surface area contributed by atoms with Gasteiger partial charge in [-0.1, -0.05) is 41.1 Å². The van der Waals surface area contributed by atoms with Gasteiger partial charge in [0.1, 0.15) is 5.82 Å². The fourth-order valence-corrected chi connectivity index (χ4v) is 3.22. The van der Waals surface area contributed by atoms with Gasteiger partial charge < -0.3 is 15.2 Å². The highest BCUT2D eigenvalue weighted by Gasteiger charge is 2.14. The summed E-state index contributed by atoms with van der Waals surface area (Å²) in [5.41, 5.74) is 1.40. The molecule has 6 nitrogen and oxygen atoms in total. The fraction of sp³-hybridized carbons (Fsp3) is 0.105. The number of nitrogens with one attached hydrogen (secondary N) is 1. The number of hydrogen-bond acceptors (Lipinski definition) is 6. The summed E-state index contributed by atoms with van der Waals surface area (Å²) in [5.74, 6) is -0.404. The molecule has 0 aliphatic heterocycles. The van der Waals surface area contributed by atoms with Gasteiger partial charge in [-0.2, -0.15) is 0 Å². The number of carbonyl (C=O) groups is 1. The maximum absolute atomic E-state index is 12.9. The van der Waals surface area contributed by atoms with Crippen molar-refractivity contribution in [2.75, 3.05) is 7.11 Å². The Balaban J connectivity index is 1.67. The number of nitrogens with zero attached hydrogens (tertiary/aromatic N) is 2. The minimum absolute atomic E-state index is 0.0150. The molecule has 0 saturated carbocycles. The van der Waals surface area contributed by atoms with Gasteiger partial charge in [0.2, 0.25) is 5.01 Å². The third-order valence-electron chi connectivity index (χ3n) is 3.69. The first kappa shape index (κ1) is 19.8. The summed E-state index contributed by atoms with van der Waals surface area (Å²) in [7, 11) is 1.46. The molecule has 2 aromatic carbocycles. The van der Waals surface area contributed by atoms with E-state index in [1.807, 2.05) is 0 Å². The Labute approximate surface area is 169 Å². The van der Waals surface area contributed by atoms with Crippen LogP contribution in [0.25, 0.3) is 11.1 Å². The van der Waals surface area contributed by atoms with Crippen LogP contribution in [0.5, 0.6) is 11.5 Å². The molecule has 0 saturated heterocycles. The van der Waals surface area contributed by atoms with Gasteiger partial charge in [-0.25, -0.2) is 4.39 Å². The van der Waals surface area contributed by atoms with Crippen LogP contribution in [-0.2, 0) is 6.54 Å². The number of ether oxygens (including phenoxy) is 1. The quantitative estimate of drug-likeness (QED) is 0.629. The van der Waals surface area contributed by atoms with E-state index in [9.17, 15) is 14.3 Å². The van der Waals surface area contributed by atoms with E-state index in [1.165, 1.54) is 25.3 Å². The van der Waals surface area contributed by atoms with E-state index in [2.05, 4.69) is 15.5 Å². The summed E-state index contributed by atoms with van der Waals surface area (Å²) in [6, 6.07) is 10.7. The molecule has 0 unspecified atom stereocenters. The van der Waals surface area contributed by atoms with Crippen LogP contribution < -0.4 is 10.1 Å². The molecule has 0 bridgehead atoms. The van der Waals surface area contributed by atoms with Crippen molar-refractivity contribution >= 4 is 40.0 Å². The average Bonchev–Trinajstić information content (AvgIpc) is 3.18. The van der Waals surface area contributed by atoms with Crippen molar-refractivity contribution in [1.82, 2.24) is 15.5 Å². The normalized spacial score (nSPS) is 11.3. The topological polar surface area (TPSA) is 84.3 Å². The smallest absolute Gasteiger partial charge is 0.282 e. The fourth-order valence-electron chi connectivity index (χ4n) is 2.28. The monoisotopic (exact) mass is 419 g/mol. The molecule has 0 atom stereocenters. The van der Waals surface area contributed by atoms with Crippen LogP contribution in [-0.4, -0.2) is 28.3 Å². The van der Waals surface area contributed by atoms with Crippen molar-refractivity contribution in [2.45, 2.75) is 6.54 Å². The zero-order valence-corrected chi connectivity index (χ0v) is 16.2.